The summed E-state index contributed by atoms with van der Waals surface area (Å²) >= 11 is 0. The molecule has 14 heavy (non-hydrogen) atoms. The first-order valence-corrected chi connectivity index (χ1v) is 5.15. The number of rotatable bonds is 5. The fourth-order valence-corrected chi connectivity index (χ4v) is 1.34. The smallest absolute Gasteiger partial charge is 0.119 e. The topological polar surface area (TPSA) is 21.3 Å². The Balaban J connectivity index is 2.54. The second-order valence-corrected chi connectivity index (χ2v) is 3.47. The van der Waals surface area contributed by atoms with Crippen molar-refractivity contribution < 1.29 is 4.74 Å². The molecule has 2 nitrogen and oxygen atoms in total. The summed E-state index contributed by atoms with van der Waals surface area (Å²) in [4.78, 5) is 0. The van der Waals surface area contributed by atoms with Crippen LogP contribution in [-0.2, 0) is 6.42 Å². The number of likely N-dealkylation sites (N-methyl/N-ethyl adjacent to an activating group) is 1. The van der Waals surface area contributed by atoms with Gasteiger partial charge in [-0.1, -0.05) is 12.1 Å². The highest BCUT2D eigenvalue weighted by molar-refractivity contribution is 5.27. The molecule has 0 aromatic heterocycles. The molecule has 0 spiro atoms. The van der Waals surface area contributed by atoms with Gasteiger partial charge in [-0.2, -0.15) is 0 Å². The Kier molecular flexibility index (Phi) is 4.47. The van der Waals surface area contributed by atoms with E-state index in [9.17, 15) is 0 Å². The van der Waals surface area contributed by atoms with Crippen molar-refractivity contribution in [1.82, 2.24) is 5.32 Å². The van der Waals surface area contributed by atoms with Crippen molar-refractivity contribution in [2.75, 3.05) is 13.7 Å². The van der Waals surface area contributed by atoms with Crippen LogP contribution in [0.2, 0.25) is 0 Å². The Morgan fingerprint density at radius 2 is 1.93 bits per heavy atom. The molecule has 0 aliphatic heterocycles. The van der Waals surface area contributed by atoms with Crippen molar-refractivity contribution in [2.45, 2.75) is 26.3 Å². The van der Waals surface area contributed by atoms with Gasteiger partial charge in [-0.25, -0.2) is 0 Å². The van der Waals surface area contributed by atoms with E-state index in [1.165, 1.54) is 5.56 Å². The Labute approximate surface area is 86.3 Å². The molecule has 0 fully saturated rings. The quantitative estimate of drug-likeness (QED) is 0.774. The van der Waals surface area contributed by atoms with Crippen LogP contribution < -0.4 is 10.1 Å². The lowest BCUT2D eigenvalue weighted by atomic mass is 10.1. The van der Waals surface area contributed by atoms with Gasteiger partial charge in [0.25, 0.3) is 0 Å². The third-order valence-corrected chi connectivity index (χ3v) is 2.27. The molecule has 0 bridgehead atoms. The number of benzene rings is 1. The first-order chi connectivity index (χ1) is 6.76. The van der Waals surface area contributed by atoms with E-state index in [1.807, 2.05) is 26.1 Å². The van der Waals surface area contributed by atoms with Crippen LogP contribution in [-0.4, -0.2) is 19.7 Å². The highest BCUT2D eigenvalue weighted by atomic mass is 16.5. The van der Waals surface area contributed by atoms with Crippen molar-refractivity contribution in [1.29, 1.82) is 0 Å². The van der Waals surface area contributed by atoms with Crippen molar-refractivity contribution in [3.63, 3.8) is 0 Å². The summed E-state index contributed by atoms with van der Waals surface area (Å²) in [6.45, 7) is 4.90. The van der Waals surface area contributed by atoms with E-state index in [-0.39, 0.29) is 0 Å². The molecule has 0 unspecified atom stereocenters. The van der Waals surface area contributed by atoms with Gasteiger partial charge in [-0.15, -0.1) is 0 Å². The van der Waals surface area contributed by atoms with Crippen molar-refractivity contribution in [3.05, 3.63) is 29.8 Å². The fourth-order valence-electron chi connectivity index (χ4n) is 1.34. The number of nitrogens with one attached hydrogen (secondary N) is 1. The molecule has 78 valence electrons. The van der Waals surface area contributed by atoms with Crippen LogP contribution in [0.3, 0.4) is 0 Å². The molecule has 1 atom stereocenters. The lowest BCUT2D eigenvalue weighted by Gasteiger charge is -2.10. The average molecular weight is 193 g/mol. The summed E-state index contributed by atoms with van der Waals surface area (Å²) in [5.41, 5.74) is 1.34. The van der Waals surface area contributed by atoms with Crippen molar-refractivity contribution in [3.8, 4) is 5.75 Å². The van der Waals surface area contributed by atoms with Gasteiger partial charge in [-0.3, -0.25) is 0 Å². The van der Waals surface area contributed by atoms with E-state index in [0.29, 0.717) is 6.04 Å². The minimum absolute atomic E-state index is 0.521. The summed E-state index contributed by atoms with van der Waals surface area (Å²) in [6.07, 6.45) is 1.06. The predicted octanol–water partition coefficient (Wildman–Crippen LogP) is 2.24. The Morgan fingerprint density at radius 1 is 1.29 bits per heavy atom. The predicted molar refractivity (Wildman–Crippen MR) is 59.8 cm³/mol. The van der Waals surface area contributed by atoms with Crippen LogP contribution in [0.25, 0.3) is 0 Å². The zero-order chi connectivity index (χ0) is 10.4. The summed E-state index contributed by atoms with van der Waals surface area (Å²) in [7, 11) is 1.99. The van der Waals surface area contributed by atoms with Gasteiger partial charge >= 0.3 is 0 Å². The third kappa shape index (κ3) is 3.38. The van der Waals surface area contributed by atoms with Gasteiger partial charge in [0.15, 0.2) is 0 Å². The summed E-state index contributed by atoms with van der Waals surface area (Å²) in [5, 5.41) is 3.22. The minimum atomic E-state index is 0.521. The maximum atomic E-state index is 5.38. The molecule has 1 aromatic rings. The molecule has 1 aromatic carbocycles. The van der Waals surface area contributed by atoms with E-state index in [1.54, 1.807) is 0 Å². The number of hydrogen-bond donors (Lipinski definition) is 1. The maximum absolute atomic E-state index is 5.38. The lowest BCUT2D eigenvalue weighted by molar-refractivity contribution is 0.340. The van der Waals surface area contributed by atoms with Crippen molar-refractivity contribution in [2.24, 2.45) is 0 Å². The van der Waals surface area contributed by atoms with Crippen LogP contribution >= 0.6 is 0 Å². The first-order valence-electron chi connectivity index (χ1n) is 5.15. The van der Waals surface area contributed by atoms with Gasteiger partial charge in [0.05, 0.1) is 6.61 Å². The van der Waals surface area contributed by atoms with E-state index in [2.05, 4.69) is 24.4 Å². The van der Waals surface area contributed by atoms with Gasteiger partial charge in [0.1, 0.15) is 5.75 Å². The summed E-state index contributed by atoms with van der Waals surface area (Å²) in [6, 6.07) is 8.83. The van der Waals surface area contributed by atoms with Gasteiger partial charge < -0.3 is 10.1 Å². The normalized spacial score (nSPS) is 12.5. The van der Waals surface area contributed by atoms with Crippen molar-refractivity contribution >= 4 is 0 Å². The Morgan fingerprint density at radius 3 is 2.43 bits per heavy atom. The molecule has 0 saturated carbocycles. The van der Waals surface area contributed by atoms with E-state index in [4.69, 9.17) is 4.74 Å². The van der Waals surface area contributed by atoms with Gasteiger partial charge in [0.2, 0.25) is 0 Å². The first kappa shape index (κ1) is 11.1. The van der Waals surface area contributed by atoms with E-state index >= 15 is 0 Å². The molecule has 0 aliphatic rings. The van der Waals surface area contributed by atoms with Crippen LogP contribution in [0.5, 0.6) is 5.75 Å². The maximum Gasteiger partial charge on any atom is 0.119 e. The average Bonchev–Trinajstić information content (AvgIpc) is 2.21. The molecule has 0 amide bonds. The molecule has 0 saturated heterocycles. The third-order valence-electron chi connectivity index (χ3n) is 2.27. The Hall–Kier alpha value is -1.02. The van der Waals surface area contributed by atoms with E-state index in [0.717, 1.165) is 18.8 Å². The second-order valence-electron chi connectivity index (χ2n) is 3.47. The Bertz CT molecular complexity index is 256. The summed E-state index contributed by atoms with van der Waals surface area (Å²) < 4.78 is 5.38. The van der Waals surface area contributed by atoms with Crippen LogP contribution in [0, 0.1) is 0 Å². The molecule has 1 rings (SSSR count). The number of hydrogen-bond acceptors (Lipinski definition) is 2. The zero-order valence-electron chi connectivity index (χ0n) is 9.21. The highest BCUT2D eigenvalue weighted by Gasteiger charge is 2.00. The molecule has 0 aliphatic carbocycles. The monoisotopic (exact) mass is 193 g/mol. The number of ether oxygens (including phenoxy) is 1. The molecule has 1 N–H and O–H groups in total. The van der Waals surface area contributed by atoms with Gasteiger partial charge in [-0.05, 0) is 45.0 Å². The SMILES string of the molecule is CCOc1ccc(C[C@@H](C)NC)cc1. The molecule has 0 radical (unpaired) electrons. The highest BCUT2D eigenvalue weighted by Crippen LogP contribution is 2.13. The standard InChI is InChI=1S/C12H19NO/c1-4-14-12-7-5-11(6-8-12)9-10(2)13-3/h5-8,10,13H,4,9H2,1-3H3/t10-/m1/s1. The van der Waals surface area contributed by atoms with Gasteiger partial charge in [0, 0.05) is 6.04 Å². The fraction of sp³-hybridized carbons (Fsp3) is 0.500. The van der Waals surface area contributed by atoms with Crippen LogP contribution in [0.4, 0.5) is 0 Å². The molecular weight excluding hydrogens is 174 g/mol. The largest absolute Gasteiger partial charge is 0.494 e. The van der Waals surface area contributed by atoms with Crippen LogP contribution in [0.15, 0.2) is 24.3 Å². The van der Waals surface area contributed by atoms with Crippen LogP contribution in [0.1, 0.15) is 19.4 Å². The van der Waals surface area contributed by atoms with E-state index < -0.39 is 0 Å². The zero-order valence-corrected chi connectivity index (χ0v) is 9.21. The molecule has 0 heterocycles. The molecular formula is C12H19NO. The second kappa shape index (κ2) is 5.66. The lowest BCUT2D eigenvalue weighted by Crippen LogP contribution is -2.23. The summed E-state index contributed by atoms with van der Waals surface area (Å²) in [5.74, 6) is 0.952. The minimum Gasteiger partial charge on any atom is -0.494 e. The molecule has 2 heteroatoms.